The van der Waals surface area contributed by atoms with E-state index in [9.17, 15) is 8.76 Å². The molecule has 16 heavy (non-hydrogen) atoms. The van der Waals surface area contributed by atoms with Gasteiger partial charge in [-0.15, -0.1) is 0 Å². The Labute approximate surface area is 98.9 Å². The van der Waals surface area contributed by atoms with E-state index in [0.717, 1.165) is 39.1 Å². The Morgan fingerprint density at radius 1 is 1.31 bits per heavy atom. The minimum atomic E-state index is -2.38. The van der Waals surface area contributed by atoms with Crippen molar-refractivity contribution in [3.05, 3.63) is 0 Å². The van der Waals surface area contributed by atoms with Crippen molar-refractivity contribution in [1.29, 1.82) is 0 Å². The van der Waals surface area contributed by atoms with Crippen LogP contribution >= 0.6 is 0 Å². The summed E-state index contributed by atoms with van der Waals surface area (Å²) in [5.41, 5.74) is 0. The van der Waals surface area contributed by atoms with Crippen molar-refractivity contribution in [2.75, 3.05) is 45.9 Å². The quantitative estimate of drug-likeness (QED) is 0.459. The molecule has 0 saturated carbocycles. The largest absolute Gasteiger partial charge is 0.750 e. The average molecular weight is 251 g/mol. The summed E-state index contributed by atoms with van der Waals surface area (Å²) in [4.78, 5) is 7.67. The van der Waals surface area contributed by atoms with E-state index in [4.69, 9.17) is 4.84 Å². The van der Waals surface area contributed by atoms with E-state index in [1.54, 1.807) is 0 Å². The molecule has 1 heterocycles. The number of hydrogen-bond acceptors (Lipinski definition) is 6. The maximum Gasteiger partial charge on any atom is 0.0842 e. The number of nitrogens with zero attached hydrogens (tertiary/aromatic N) is 2. The van der Waals surface area contributed by atoms with Gasteiger partial charge in [0, 0.05) is 32.7 Å². The van der Waals surface area contributed by atoms with Crippen LogP contribution in [0.4, 0.5) is 0 Å². The zero-order valence-corrected chi connectivity index (χ0v) is 10.4. The highest BCUT2D eigenvalue weighted by Crippen LogP contribution is 2.03. The molecule has 1 saturated heterocycles. The highest BCUT2D eigenvalue weighted by molar-refractivity contribution is 7.74. The van der Waals surface area contributed by atoms with Gasteiger partial charge in [-0.3, -0.25) is 4.84 Å². The van der Waals surface area contributed by atoms with E-state index in [2.05, 4.69) is 9.08 Å². The van der Waals surface area contributed by atoms with E-state index < -0.39 is 11.4 Å². The standard InChI is InChI=1S/C9H20N2O4S/c1-2-14-11-7-5-10(6-8-11)4-3-9-15-16(12)13/h2-9H2,1H3,(H,12,13)/p-1. The third kappa shape index (κ3) is 5.88. The lowest BCUT2D eigenvalue weighted by Gasteiger charge is -2.33. The van der Waals surface area contributed by atoms with Crippen LogP contribution in [0.1, 0.15) is 13.3 Å². The second-order valence-electron chi connectivity index (χ2n) is 3.57. The first-order valence-electron chi connectivity index (χ1n) is 5.55. The molecule has 1 fully saturated rings. The van der Waals surface area contributed by atoms with Crippen molar-refractivity contribution in [3.63, 3.8) is 0 Å². The van der Waals surface area contributed by atoms with Gasteiger partial charge in [0.05, 0.1) is 24.6 Å². The molecule has 1 unspecified atom stereocenters. The van der Waals surface area contributed by atoms with Crippen molar-refractivity contribution in [1.82, 2.24) is 9.96 Å². The molecule has 0 aromatic carbocycles. The molecular formula is C9H19N2O4S-. The van der Waals surface area contributed by atoms with Gasteiger partial charge in [0.1, 0.15) is 0 Å². The zero-order valence-electron chi connectivity index (χ0n) is 9.59. The number of hydroxylamine groups is 2. The van der Waals surface area contributed by atoms with Gasteiger partial charge in [-0.25, -0.2) is 4.21 Å². The number of piperazine rings is 1. The molecule has 6 nitrogen and oxygen atoms in total. The normalized spacial score (nSPS) is 21.1. The minimum Gasteiger partial charge on any atom is -0.750 e. The predicted molar refractivity (Wildman–Crippen MR) is 59.1 cm³/mol. The molecule has 1 rings (SSSR count). The van der Waals surface area contributed by atoms with Crippen LogP contribution < -0.4 is 0 Å². The summed E-state index contributed by atoms with van der Waals surface area (Å²) in [5, 5.41) is 1.97. The van der Waals surface area contributed by atoms with Gasteiger partial charge >= 0.3 is 0 Å². The van der Waals surface area contributed by atoms with Gasteiger partial charge in [0.25, 0.3) is 0 Å². The molecule has 0 amide bonds. The van der Waals surface area contributed by atoms with Crippen molar-refractivity contribution in [2.24, 2.45) is 0 Å². The number of hydrogen-bond donors (Lipinski definition) is 0. The molecule has 0 bridgehead atoms. The molecule has 0 aromatic rings. The van der Waals surface area contributed by atoms with Crippen LogP contribution in [0.2, 0.25) is 0 Å². The zero-order chi connectivity index (χ0) is 11.8. The lowest BCUT2D eigenvalue weighted by atomic mass is 10.3. The van der Waals surface area contributed by atoms with Crippen molar-refractivity contribution in [3.8, 4) is 0 Å². The molecular weight excluding hydrogens is 232 g/mol. The summed E-state index contributed by atoms with van der Waals surface area (Å²) < 4.78 is 24.7. The SMILES string of the molecule is CCON1CCN(CCCOS(=O)[O-])CC1. The Bertz CT molecular complexity index is 210. The number of rotatable bonds is 7. The fourth-order valence-corrected chi connectivity index (χ4v) is 1.93. The highest BCUT2D eigenvalue weighted by atomic mass is 32.2. The molecule has 0 spiro atoms. The van der Waals surface area contributed by atoms with Gasteiger partial charge < -0.3 is 13.6 Å². The van der Waals surface area contributed by atoms with Crippen molar-refractivity contribution >= 4 is 11.4 Å². The average Bonchev–Trinajstić information content (AvgIpc) is 2.27. The van der Waals surface area contributed by atoms with Gasteiger partial charge in [-0.1, -0.05) is 0 Å². The molecule has 1 atom stereocenters. The first kappa shape index (κ1) is 14.0. The fraction of sp³-hybridized carbons (Fsp3) is 1.00. The Morgan fingerprint density at radius 2 is 2.00 bits per heavy atom. The Balaban J connectivity index is 2.01. The van der Waals surface area contributed by atoms with Crippen molar-refractivity contribution in [2.45, 2.75) is 13.3 Å². The van der Waals surface area contributed by atoms with E-state index in [-0.39, 0.29) is 6.61 Å². The first-order chi connectivity index (χ1) is 7.72. The van der Waals surface area contributed by atoms with Crippen LogP contribution in [0.5, 0.6) is 0 Å². The van der Waals surface area contributed by atoms with E-state index in [1.165, 1.54) is 0 Å². The highest BCUT2D eigenvalue weighted by Gasteiger charge is 2.16. The van der Waals surface area contributed by atoms with E-state index in [1.807, 2.05) is 12.0 Å². The summed E-state index contributed by atoms with van der Waals surface area (Å²) in [7, 11) is 0. The van der Waals surface area contributed by atoms with Crippen LogP contribution in [0, 0.1) is 0 Å². The Kier molecular flexibility index (Phi) is 7.10. The monoisotopic (exact) mass is 251 g/mol. The maximum atomic E-state index is 10.1. The summed E-state index contributed by atoms with van der Waals surface area (Å²) in [6.07, 6.45) is 0.739. The van der Waals surface area contributed by atoms with Crippen LogP contribution in [-0.4, -0.2) is 64.7 Å². The second-order valence-corrected chi connectivity index (χ2v) is 4.21. The van der Waals surface area contributed by atoms with Crippen LogP contribution in [0.3, 0.4) is 0 Å². The fourth-order valence-electron chi connectivity index (χ4n) is 1.68. The third-order valence-corrected chi connectivity index (χ3v) is 2.80. The maximum absolute atomic E-state index is 10.1. The predicted octanol–water partition coefficient (Wildman–Crippen LogP) is -0.244. The summed E-state index contributed by atoms with van der Waals surface area (Å²) in [5.74, 6) is 0. The smallest absolute Gasteiger partial charge is 0.0842 e. The van der Waals surface area contributed by atoms with Gasteiger partial charge in [0.15, 0.2) is 0 Å². The molecule has 1 aliphatic heterocycles. The van der Waals surface area contributed by atoms with Crippen LogP contribution in [0.25, 0.3) is 0 Å². The minimum absolute atomic E-state index is 0.266. The lowest BCUT2D eigenvalue weighted by molar-refractivity contribution is -0.172. The summed E-state index contributed by atoms with van der Waals surface area (Å²) >= 11 is -2.38. The van der Waals surface area contributed by atoms with E-state index in [0.29, 0.717) is 6.61 Å². The van der Waals surface area contributed by atoms with Gasteiger partial charge in [0.2, 0.25) is 0 Å². The van der Waals surface area contributed by atoms with Crippen LogP contribution in [-0.2, 0) is 20.4 Å². The lowest BCUT2D eigenvalue weighted by Crippen LogP contribution is -2.46. The molecule has 96 valence electrons. The van der Waals surface area contributed by atoms with E-state index >= 15 is 0 Å². The Hall–Kier alpha value is -0.0500. The third-order valence-electron chi connectivity index (χ3n) is 2.44. The summed E-state index contributed by atoms with van der Waals surface area (Å²) in [6, 6.07) is 0. The molecule has 7 heteroatoms. The second kappa shape index (κ2) is 8.10. The first-order valence-corrected chi connectivity index (χ1v) is 6.55. The van der Waals surface area contributed by atoms with Gasteiger partial charge in [-0.05, 0) is 13.3 Å². The molecule has 0 aromatic heterocycles. The summed E-state index contributed by atoms with van der Waals surface area (Å²) in [6.45, 7) is 7.56. The molecule has 0 N–H and O–H groups in total. The topological polar surface area (TPSA) is 65.1 Å². The Morgan fingerprint density at radius 3 is 2.56 bits per heavy atom. The van der Waals surface area contributed by atoms with Crippen LogP contribution in [0.15, 0.2) is 0 Å². The van der Waals surface area contributed by atoms with Crippen molar-refractivity contribution < 1.29 is 17.8 Å². The molecule has 1 aliphatic rings. The van der Waals surface area contributed by atoms with Gasteiger partial charge in [-0.2, -0.15) is 5.06 Å². The molecule has 0 radical (unpaired) electrons. The molecule has 0 aliphatic carbocycles.